The van der Waals surface area contributed by atoms with E-state index in [0.717, 1.165) is 37.8 Å². The Kier molecular flexibility index (Phi) is 6.96. The van der Waals surface area contributed by atoms with Gasteiger partial charge in [-0.3, -0.25) is 19.1 Å². The highest BCUT2D eigenvalue weighted by Gasteiger charge is 2.23. The second kappa shape index (κ2) is 10.0. The molecule has 0 atom stereocenters. The van der Waals surface area contributed by atoms with Crippen LogP contribution in [0.5, 0.6) is 0 Å². The van der Waals surface area contributed by atoms with Crippen molar-refractivity contribution in [3.8, 4) is 0 Å². The largest absolute Gasteiger partial charge is 0.395 e. The fourth-order valence-electron chi connectivity index (χ4n) is 4.06. The van der Waals surface area contributed by atoms with Crippen LogP contribution >= 0.6 is 0 Å². The van der Waals surface area contributed by atoms with Crippen molar-refractivity contribution >= 4 is 17.5 Å². The van der Waals surface area contributed by atoms with Crippen molar-refractivity contribution in [2.75, 3.05) is 75.3 Å². The van der Waals surface area contributed by atoms with E-state index in [1.54, 1.807) is 11.8 Å². The van der Waals surface area contributed by atoms with Gasteiger partial charge in [0.15, 0.2) is 11.6 Å². The van der Waals surface area contributed by atoms with Gasteiger partial charge in [0.05, 0.1) is 12.9 Å². The molecule has 0 bridgehead atoms. The number of anilines is 2. The number of aryl methyl sites for hydroxylation is 1. The van der Waals surface area contributed by atoms with Crippen LogP contribution in [-0.4, -0.2) is 106 Å². The van der Waals surface area contributed by atoms with Gasteiger partial charge in [0.25, 0.3) is 5.56 Å². The molecule has 4 rings (SSSR count). The molecule has 11 heteroatoms. The summed E-state index contributed by atoms with van der Waals surface area (Å²) in [6.07, 6.45) is 1.43. The van der Waals surface area contributed by atoms with E-state index in [4.69, 9.17) is 5.11 Å². The van der Waals surface area contributed by atoms with Crippen LogP contribution in [-0.2, 0) is 11.3 Å². The Morgan fingerprint density at radius 2 is 1.56 bits per heavy atom. The molecule has 0 spiro atoms. The number of carbonyl (C=O) groups excluding carboxylic acids is 1. The highest BCUT2D eigenvalue weighted by Crippen LogP contribution is 2.18. The zero-order chi connectivity index (χ0) is 22.5. The summed E-state index contributed by atoms with van der Waals surface area (Å²) in [5.41, 5.74) is 0.429. The first-order valence-corrected chi connectivity index (χ1v) is 11.0. The summed E-state index contributed by atoms with van der Waals surface area (Å²) in [6.45, 7) is 8.69. The standard InChI is InChI=1S/C21H30N8O3/c1-17-14-20(31)29(16-22-17)15-21(32)28-10-8-27(9-11-28)19-3-2-18(23-24-19)26-6-4-25(5-7-26)12-13-30/h2-3,14,16,30H,4-13,15H2,1H3. The predicted octanol–water partition coefficient (Wildman–Crippen LogP) is -1.20. The van der Waals surface area contributed by atoms with Crippen LogP contribution in [0.1, 0.15) is 5.69 Å². The first-order chi connectivity index (χ1) is 15.5. The number of rotatable bonds is 6. The minimum Gasteiger partial charge on any atom is -0.395 e. The third-order valence-electron chi connectivity index (χ3n) is 6.03. The highest BCUT2D eigenvalue weighted by molar-refractivity contribution is 5.76. The Morgan fingerprint density at radius 1 is 0.969 bits per heavy atom. The molecular weight excluding hydrogens is 412 g/mol. The Balaban J connectivity index is 1.28. The molecule has 2 fully saturated rings. The minimum atomic E-state index is -0.213. The van der Waals surface area contributed by atoms with E-state index in [9.17, 15) is 9.59 Å². The molecular formula is C21H30N8O3. The van der Waals surface area contributed by atoms with Crippen molar-refractivity contribution in [1.82, 2.24) is 29.5 Å². The summed E-state index contributed by atoms with van der Waals surface area (Å²) in [5.74, 6) is 1.58. The average Bonchev–Trinajstić information content (AvgIpc) is 2.82. The number of nitrogens with zero attached hydrogens (tertiary/aromatic N) is 8. The lowest BCUT2D eigenvalue weighted by atomic mass is 10.3. The predicted molar refractivity (Wildman–Crippen MR) is 120 cm³/mol. The second-order valence-electron chi connectivity index (χ2n) is 8.17. The number of aliphatic hydroxyl groups is 1. The third-order valence-corrected chi connectivity index (χ3v) is 6.03. The molecule has 2 aromatic heterocycles. The van der Waals surface area contributed by atoms with Crippen LogP contribution in [0.25, 0.3) is 0 Å². The highest BCUT2D eigenvalue weighted by atomic mass is 16.3. The van der Waals surface area contributed by atoms with Crippen LogP contribution in [0.4, 0.5) is 11.6 Å². The van der Waals surface area contributed by atoms with Crippen LogP contribution < -0.4 is 15.4 Å². The quantitative estimate of drug-likeness (QED) is 0.590. The molecule has 0 radical (unpaired) electrons. The number of piperazine rings is 2. The number of hydrogen-bond donors (Lipinski definition) is 1. The van der Waals surface area contributed by atoms with Crippen LogP contribution in [0, 0.1) is 6.92 Å². The number of aromatic nitrogens is 4. The molecule has 2 aromatic rings. The number of β-amino-alcohol motifs (C(OH)–C–C–N with tert-alkyl or cyclic N) is 1. The first-order valence-electron chi connectivity index (χ1n) is 11.0. The van der Waals surface area contributed by atoms with Gasteiger partial charge in [0, 0.05) is 70.7 Å². The number of amides is 1. The Hall–Kier alpha value is -3.05. The van der Waals surface area contributed by atoms with Gasteiger partial charge in [-0.05, 0) is 19.1 Å². The van der Waals surface area contributed by atoms with E-state index in [0.29, 0.717) is 38.4 Å². The van der Waals surface area contributed by atoms with Gasteiger partial charge in [-0.25, -0.2) is 4.98 Å². The summed E-state index contributed by atoms with van der Waals surface area (Å²) in [6, 6.07) is 5.42. The summed E-state index contributed by atoms with van der Waals surface area (Å²) in [7, 11) is 0. The van der Waals surface area contributed by atoms with Crippen LogP contribution in [0.15, 0.2) is 29.3 Å². The Morgan fingerprint density at radius 3 is 2.09 bits per heavy atom. The Bertz CT molecular complexity index is 964. The Labute approximate surface area is 186 Å². The maximum Gasteiger partial charge on any atom is 0.253 e. The van der Waals surface area contributed by atoms with Gasteiger partial charge in [0.2, 0.25) is 5.91 Å². The van der Waals surface area contributed by atoms with Gasteiger partial charge < -0.3 is 19.8 Å². The molecule has 1 N–H and O–H groups in total. The summed E-state index contributed by atoms with van der Waals surface area (Å²) >= 11 is 0. The molecule has 32 heavy (non-hydrogen) atoms. The smallest absolute Gasteiger partial charge is 0.253 e. The molecule has 2 aliphatic heterocycles. The van der Waals surface area contributed by atoms with Gasteiger partial charge in [0.1, 0.15) is 6.54 Å². The van der Waals surface area contributed by atoms with E-state index in [-0.39, 0.29) is 24.6 Å². The molecule has 2 aliphatic rings. The fraction of sp³-hybridized carbons (Fsp3) is 0.571. The number of aliphatic hydroxyl groups excluding tert-OH is 1. The molecule has 2 saturated heterocycles. The lowest BCUT2D eigenvalue weighted by molar-refractivity contribution is -0.132. The SMILES string of the molecule is Cc1cc(=O)n(CC(=O)N2CCN(c3ccc(N4CCN(CCO)CC4)nn3)CC2)cn1. The van der Waals surface area contributed by atoms with E-state index in [2.05, 4.69) is 29.9 Å². The topological polar surface area (TPSA) is 111 Å². The van der Waals surface area contributed by atoms with Gasteiger partial charge in [-0.2, -0.15) is 0 Å². The first kappa shape index (κ1) is 22.2. The van der Waals surface area contributed by atoms with Gasteiger partial charge in [-0.15, -0.1) is 10.2 Å². The van der Waals surface area contributed by atoms with Crippen LogP contribution in [0.2, 0.25) is 0 Å². The average molecular weight is 443 g/mol. The monoisotopic (exact) mass is 442 g/mol. The van der Waals surface area contributed by atoms with Crippen molar-refractivity contribution in [2.24, 2.45) is 0 Å². The van der Waals surface area contributed by atoms with Crippen molar-refractivity contribution in [2.45, 2.75) is 13.5 Å². The fourth-order valence-corrected chi connectivity index (χ4v) is 4.06. The van der Waals surface area contributed by atoms with Gasteiger partial charge in [-0.1, -0.05) is 0 Å². The molecule has 4 heterocycles. The number of hydrogen-bond acceptors (Lipinski definition) is 9. The van der Waals surface area contributed by atoms with E-state index in [1.165, 1.54) is 17.0 Å². The van der Waals surface area contributed by atoms with Crippen molar-refractivity contribution in [3.05, 3.63) is 40.6 Å². The third kappa shape index (κ3) is 5.22. The molecule has 0 unspecified atom stereocenters. The second-order valence-corrected chi connectivity index (χ2v) is 8.17. The molecule has 0 saturated carbocycles. The van der Waals surface area contributed by atoms with Crippen molar-refractivity contribution in [1.29, 1.82) is 0 Å². The lowest BCUT2D eigenvalue weighted by Gasteiger charge is -2.36. The molecule has 0 aromatic carbocycles. The summed E-state index contributed by atoms with van der Waals surface area (Å²) < 4.78 is 1.34. The zero-order valence-electron chi connectivity index (χ0n) is 18.4. The molecule has 172 valence electrons. The van der Waals surface area contributed by atoms with E-state index in [1.807, 2.05) is 12.1 Å². The summed E-state index contributed by atoms with van der Waals surface area (Å²) in [4.78, 5) is 37.0. The van der Waals surface area contributed by atoms with E-state index < -0.39 is 0 Å². The number of carbonyl (C=O) groups is 1. The minimum absolute atomic E-state index is 0.00613. The van der Waals surface area contributed by atoms with Crippen LogP contribution in [0.3, 0.4) is 0 Å². The summed E-state index contributed by atoms with van der Waals surface area (Å²) in [5, 5.41) is 17.9. The molecule has 11 nitrogen and oxygen atoms in total. The van der Waals surface area contributed by atoms with E-state index >= 15 is 0 Å². The maximum absolute atomic E-state index is 12.6. The van der Waals surface area contributed by atoms with Crippen molar-refractivity contribution < 1.29 is 9.90 Å². The van der Waals surface area contributed by atoms with Gasteiger partial charge >= 0.3 is 0 Å². The molecule has 1 amide bonds. The van der Waals surface area contributed by atoms with Crippen molar-refractivity contribution in [3.63, 3.8) is 0 Å². The zero-order valence-corrected chi connectivity index (χ0v) is 18.4. The maximum atomic E-state index is 12.6. The normalized spacial score (nSPS) is 17.6. The molecule has 0 aliphatic carbocycles. The lowest BCUT2D eigenvalue weighted by Crippen LogP contribution is -2.50.